The molecule has 3 nitrogen and oxygen atoms in total. The lowest BCUT2D eigenvalue weighted by atomic mass is 9.99. The van der Waals surface area contributed by atoms with Crippen molar-refractivity contribution >= 4 is 0 Å². The minimum absolute atomic E-state index is 0.457. The molecule has 70 valence electrons. The molecule has 0 aliphatic heterocycles. The van der Waals surface area contributed by atoms with Gasteiger partial charge in [-0.2, -0.15) is 5.26 Å². The van der Waals surface area contributed by atoms with Crippen molar-refractivity contribution in [2.75, 3.05) is 0 Å². The molecular formula is C9H19N3. The van der Waals surface area contributed by atoms with E-state index in [1.807, 2.05) is 0 Å². The molecule has 12 heavy (non-hydrogen) atoms. The van der Waals surface area contributed by atoms with Crippen LogP contribution >= 0.6 is 0 Å². The first-order chi connectivity index (χ1) is 5.62. The summed E-state index contributed by atoms with van der Waals surface area (Å²) in [5.41, 5.74) is 10.9. The molecule has 3 heteroatoms. The van der Waals surface area contributed by atoms with E-state index in [-0.39, 0.29) is 0 Å². The van der Waals surface area contributed by atoms with Crippen molar-refractivity contribution in [1.82, 2.24) is 0 Å². The lowest BCUT2D eigenvalue weighted by Gasteiger charge is -2.22. The van der Waals surface area contributed by atoms with Gasteiger partial charge in [-0.05, 0) is 12.8 Å². The molecule has 0 atom stereocenters. The number of nitrogens with zero attached hydrogens (tertiary/aromatic N) is 1. The molecule has 0 aromatic heterocycles. The molecule has 0 amide bonds. The van der Waals surface area contributed by atoms with Crippen LogP contribution in [0.4, 0.5) is 0 Å². The largest absolute Gasteiger partial charge is 0.313 e. The van der Waals surface area contributed by atoms with Gasteiger partial charge in [0, 0.05) is 6.42 Å². The van der Waals surface area contributed by atoms with Gasteiger partial charge in [-0.15, -0.1) is 0 Å². The maximum atomic E-state index is 8.34. The predicted octanol–water partition coefficient (Wildman–Crippen LogP) is 1.48. The van der Waals surface area contributed by atoms with Gasteiger partial charge in [0.1, 0.15) is 0 Å². The summed E-state index contributed by atoms with van der Waals surface area (Å²) in [5, 5.41) is 8.34. The van der Waals surface area contributed by atoms with Crippen LogP contribution in [0.15, 0.2) is 0 Å². The van der Waals surface area contributed by atoms with Crippen LogP contribution in [0, 0.1) is 11.3 Å². The highest BCUT2D eigenvalue weighted by atomic mass is 14.9. The van der Waals surface area contributed by atoms with E-state index in [4.69, 9.17) is 16.7 Å². The average Bonchev–Trinajstić information content (AvgIpc) is 2.01. The normalized spacial score (nSPS) is 11.2. The Kier molecular flexibility index (Phi) is 5.69. The van der Waals surface area contributed by atoms with Gasteiger partial charge in [0.15, 0.2) is 0 Å². The van der Waals surface area contributed by atoms with Crippen LogP contribution < -0.4 is 11.5 Å². The average molecular weight is 169 g/mol. The Balaban J connectivity index is 3.50. The number of nitrogens with two attached hydrogens (primary N) is 2. The number of hydrogen-bond acceptors (Lipinski definition) is 3. The van der Waals surface area contributed by atoms with Gasteiger partial charge in [-0.1, -0.05) is 26.2 Å². The van der Waals surface area contributed by atoms with Crippen LogP contribution in [0.3, 0.4) is 0 Å². The third-order valence-corrected chi connectivity index (χ3v) is 1.95. The fourth-order valence-electron chi connectivity index (χ4n) is 1.12. The quantitative estimate of drug-likeness (QED) is 0.467. The molecule has 0 aliphatic carbocycles. The van der Waals surface area contributed by atoms with E-state index in [1.165, 1.54) is 12.8 Å². The van der Waals surface area contributed by atoms with E-state index in [0.717, 1.165) is 12.8 Å². The smallest absolute Gasteiger partial charge is 0.0646 e. The van der Waals surface area contributed by atoms with Crippen LogP contribution in [0.5, 0.6) is 0 Å². The molecule has 4 N–H and O–H groups in total. The Morgan fingerprint density at radius 2 is 1.92 bits per heavy atom. The Morgan fingerprint density at radius 3 is 2.42 bits per heavy atom. The Bertz CT molecular complexity index is 146. The van der Waals surface area contributed by atoms with Gasteiger partial charge in [0.05, 0.1) is 11.7 Å². The third-order valence-electron chi connectivity index (χ3n) is 1.95. The molecule has 0 unspecified atom stereocenters. The monoisotopic (exact) mass is 169 g/mol. The zero-order valence-corrected chi connectivity index (χ0v) is 7.84. The van der Waals surface area contributed by atoms with Gasteiger partial charge in [0.2, 0.25) is 0 Å². The topological polar surface area (TPSA) is 75.8 Å². The molecule has 0 aromatic rings. The summed E-state index contributed by atoms with van der Waals surface area (Å²) in [6.07, 6.45) is 5.29. The van der Waals surface area contributed by atoms with Gasteiger partial charge in [-0.3, -0.25) is 0 Å². The highest BCUT2D eigenvalue weighted by Crippen LogP contribution is 2.12. The van der Waals surface area contributed by atoms with Crippen molar-refractivity contribution in [3.05, 3.63) is 0 Å². The lowest BCUT2D eigenvalue weighted by molar-refractivity contribution is 0.367. The summed E-state index contributed by atoms with van der Waals surface area (Å²) in [5.74, 6) is 0. The van der Waals surface area contributed by atoms with E-state index in [1.54, 1.807) is 0 Å². The second kappa shape index (κ2) is 5.99. The molecule has 0 bridgehead atoms. The Morgan fingerprint density at radius 1 is 1.25 bits per heavy atom. The van der Waals surface area contributed by atoms with E-state index in [0.29, 0.717) is 12.8 Å². The van der Waals surface area contributed by atoms with Gasteiger partial charge >= 0.3 is 0 Å². The van der Waals surface area contributed by atoms with E-state index in [2.05, 4.69) is 13.0 Å². The number of nitriles is 1. The molecule has 0 rings (SSSR count). The SMILES string of the molecule is CCCCCC(N)(N)CCC#N. The Labute approximate surface area is 74.7 Å². The Hall–Kier alpha value is -0.590. The standard InChI is InChI=1S/C9H19N3/c1-2-3-4-6-9(11,12)7-5-8-10/h2-7,11-12H2,1H3. The second-order valence-corrected chi connectivity index (χ2v) is 3.35. The zero-order valence-electron chi connectivity index (χ0n) is 7.84. The lowest BCUT2D eigenvalue weighted by Crippen LogP contribution is -2.49. The van der Waals surface area contributed by atoms with Crippen molar-refractivity contribution in [2.45, 2.75) is 51.1 Å². The molecule has 0 spiro atoms. The molecule has 0 aliphatic rings. The molecule has 0 saturated carbocycles. The van der Waals surface area contributed by atoms with Gasteiger partial charge < -0.3 is 11.5 Å². The number of hydrogen-bond donors (Lipinski definition) is 2. The summed E-state index contributed by atoms with van der Waals surface area (Å²) >= 11 is 0. The molecule has 0 aromatic carbocycles. The predicted molar refractivity (Wildman–Crippen MR) is 50.1 cm³/mol. The maximum absolute atomic E-state index is 8.34. The summed E-state index contributed by atoms with van der Waals surface area (Å²) in [6, 6.07) is 2.05. The van der Waals surface area contributed by atoms with Crippen molar-refractivity contribution < 1.29 is 0 Å². The van der Waals surface area contributed by atoms with E-state index in [9.17, 15) is 0 Å². The summed E-state index contributed by atoms with van der Waals surface area (Å²) < 4.78 is 0. The fourth-order valence-corrected chi connectivity index (χ4v) is 1.12. The van der Waals surface area contributed by atoms with Gasteiger partial charge in [-0.25, -0.2) is 0 Å². The minimum atomic E-state index is -0.620. The van der Waals surface area contributed by atoms with E-state index >= 15 is 0 Å². The summed E-state index contributed by atoms with van der Waals surface area (Å²) in [4.78, 5) is 0. The van der Waals surface area contributed by atoms with E-state index < -0.39 is 5.66 Å². The van der Waals surface area contributed by atoms with Gasteiger partial charge in [0.25, 0.3) is 0 Å². The van der Waals surface area contributed by atoms with Crippen molar-refractivity contribution in [2.24, 2.45) is 11.5 Å². The fraction of sp³-hybridized carbons (Fsp3) is 0.889. The van der Waals surface area contributed by atoms with Crippen LogP contribution in [0.1, 0.15) is 45.4 Å². The summed E-state index contributed by atoms with van der Waals surface area (Å²) in [6.45, 7) is 2.14. The number of unbranched alkanes of at least 4 members (excludes halogenated alkanes) is 2. The molecule has 0 radical (unpaired) electrons. The van der Waals surface area contributed by atoms with Crippen LogP contribution in [-0.4, -0.2) is 5.66 Å². The molecule has 0 heterocycles. The molecular weight excluding hydrogens is 150 g/mol. The second-order valence-electron chi connectivity index (χ2n) is 3.35. The molecule has 0 fully saturated rings. The van der Waals surface area contributed by atoms with Crippen LogP contribution in [0.25, 0.3) is 0 Å². The maximum Gasteiger partial charge on any atom is 0.0646 e. The first kappa shape index (κ1) is 11.4. The number of rotatable bonds is 6. The highest BCUT2D eigenvalue weighted by Gasteiger charge is 2.17. The minimum Gasteiger partial charge on any atom is -0.313 e. The zero-order chi connectivity index (χ0) is 9.45. The van der Waals surface area contributed by atoms with Crippen molar-refractivity contribution in [1.29, 1.82) is 5.26 Å². The first-order valence-corrected chi connectivity index (χ1v) is 4.57. The van der Waals surface area contributed by atoms with Crippen LogP contribution in [-0.2, 0) is 0 Å². The third kappa shape index (κ3) is 6.14. The highest BCUT2D eigenvalue weighted by molar-refractivity contribution is 4.82. The van der Waals surface area contributed by atoms with Crippen LogP contribution in [0.2, 0.25) is 0 Å². The summed E-state index contributed by atoms with van der Waals surface area (Å²) in [7, 11) is 0. The first-order valence-electron chi connectivity index (χ1n) is 4.57. The van der Waals surface area contributed by atoms with Crippen molar-refractivity contribution in [3.8, 4) is 6.07 Å². The molecule has 0 saturated heterocycles. The van der Waals surface area contributed by atoms with Crippen molar-refractivity contribution in [3.63, 3.8) is 0 Å².